The van der Waals surface area contributed by atoms with Gasteiger partial charge in [-0.25, -0.2) is 0 Å². The summed E-state index contributed by atoms with van der Waals surface area (Å²) in [5.74, 6) is 1.07. The van der Waals surface area contributed by atoms with E-state index in [1.165, 1.54) is 0 Å². The Labute approximate surface area is 121 Å². The van der Waals surface area contributed by atoms with Crippen LogP contribution in [0.1, 0.15) is 12.5 Å². The second kappa shape index (κ2) is 6.61. The molecule has 1 atom stereocenters. The summed E-state index contributed by atoms with van der Waals surface area (Å²) in [5.41, 5.74) is 7.79. The van der Waals surface area contributed by atoms with Crippen molar-refractivity contribution in [2.45, 2.75) is 13.0 Å². The maximum absolute atomic E-state index is 5.80. The fourth-order valence-corrected chi connectivity index (χ4v) is 3.26. The van der Waals surface area contributed by atoms with E-state index in [1.807, 2.05) is 23.9 Å². The molecule has 0 saturated heterocycles. The van der Waals surface area contributed by atoms with Crippen molar-refractivity contribution >= 4 is 50.6 Å². The zero-order chi connectivity index (χ0) is 13.0. The Balaban J connectivity index is 3.13. The predicted octanol–water partition coefficient (Wildman–Crippen LogP) is 3.27. The predicted molar refractivity (Wildman–Crippen MR) is 86.3 cm³/mol. The number of thiocarbonyl (C=S) groups is 1. The van der Waals surface area contributed by atoms with Crippen LogP contribution in [-0.2, 0) is 0 Å². The van der Waals surface area contributed by atoms with Gasteiger partial charge < -0.3 is 10.6 Å². The topological polar surface area (TPSA) is 29.3 Å². The Kier molecular flexibility index (Phi) is 5.76. The lowest BCUT2D eigenvalue weighted by Crippen LogP contribution is -2.32. The van der Waals surface area contributed by atoms with Crippen LogP contribution in [-0.4, -0.2) is 30.1 Å². The minimum atomic E-state index is 0.427. The van der Waals surface area contributed by atoms with Gasteiger partial charge in [-0.2, -0.15) is 11.8 Å². The number of rotatable bonds is 5. The molecule has 0 aliphatic carbocycles. The van der Waals surface area contributed by atoms with E-state index in [0.717, 1.165) is 21.5 Å². The van der Waals surface area contributed by atoms with Crippen LogP contribution in [0.3, 0.4) is 0 Å². The number of hydrogen-bond acceptors (Lipinski definition) is 3. The van der Waals surface area contributed by atoms with Gasteiger partial charge in [0.15, 0.2) is 0 Å². The molecule has 1 aromatic rings. The van der Waals surface area contributed by atoms with Crippen LogP contribution in [0.4, 0.5) is 5.69 Å². The molecule has 17 heavy (non-hydrogen) atoms. The summed E-state index contributed by atoms with van der Waals surface area (Å²) >= 11 is 10.5. The normalized spacial score (nSPS) is 12.2. The molecule has 94 valence electrons. The second-order valence-corrected chi connectivity index (χ2v) is 6.12. The number of anilines is 1. The average molecular weight is 333 g/mol. The molecule has 0 amide bonds. The van der Waals surface area contributed by atoms with Gasteiger partial charge in [-0.3, -0.25) is 0 Å². The molecule has 0 radical (unpaired) electrons. The van der Waals surface area contributed by atoms with Gasteiger partial charge in [-0.05, 0) is 41.2 Å². The first-order chi connectivity index (χ1) is 7.99. The zero-order valence-corrected chi connectivity index (χ0v) is 13.5. The molecule has 1 rings (SSSR count). The molecule has 0 aromatic heterocycles. The second-order valence-electron chi connectivity index (χ2n) is 3.91. The van der Waals surface area contributed by atoms with Crippen LogP contribution in [0.15, 0.2) is 22.7 Å². The van der Waals surface area contributed by atoms with Crippen LogP contribution >= 0.6 is 39.9 Å². The molecular weight excluding hydrogens is 316 g/mol. The summed E-state index contributed by atoms with van der Waals surface area (Å²) in [6, 6.07) is 6.46. The molecule has 0 aliphatic rings. The molecule has 0 saturated carbocycles. The first-order valence-corrected chi connectivity index (χ1v) is 7.88. The average Bonchev–Trinajstić information content (AvgIpc) is 2.27. The first kappa shape index (κ1) is 14.8. The summed E-state index contributed by atoms with van der Waals surface area (Å²) < 4.78 is 0.950. The number of benzene rings is 1. The summed E-state index contributed by atoms with van der Waals surface area (Å²) in [7, 11) is 2.07. The Hall–Kier alpha value is -0.260. The van der Waals surface area contributed by atoms with Crippen LogP contribution < -0.4 is 10.6 Å². The van der Waals surface area contributed by atoms with Crippen molar-refractivity contribution in [3.8, 4) is 0 Å². The van der Waals surface area contributed by atoms with E-state index in [9.17, 15) is 0 Å². The highest BCUT2D eigenvalue weighted by Gasteiger charge is 2.16. The first-order valence-electron chi connectivity index (χ1n) is 5.29. The molecule has 0 aliphatic heterocycles. The van der Waals surface area contributed by atoms with Gasteiger partial charge in [-0.1, -0.05) is 18.3 Å². The molecule has 1 unspecified atom stereocenters. The van der Waals surface area contributed by atoms with Gasteiger partial charge >= 0.3 is 0 Å². The molecule has 1 aromatic carbocycles. The quantitative estimate of drug-likeness (QED) is 0.838. The van der Waals surface area contributed by atoms with Crippen molar-refractivity contribution in [3.05, 3.63) is 28.2 Å². The fraction of sp³-hybridized carbons (Fsp3) is 0.417. The largest absolute Gasteiger partial charge is 0.389 e. The van der Waals surface area contributed by atoms with Crippen molar-refractivity contribution in [2.24, 2.45) is 5.73 Å². The van der Waals surface area contributed by atoms with Crippen molar-refractivity contribution in [2.75, 3.05) is 24.0 Å². The number of hydrogen-bond donors (Lipinski definition) is 1. The smallest absolute Gasteiger partial charge is 0.107 e. The van der Waals surface area contributed by atoms with E-state index < -0.39 is 0 Å². The summed E-state index contributed by atoms with van der Waals surface area (Å²) in [5, 5.41) is 0. The standard InChI is InChI=1S/C12H17BrN2S2/c1-8(7-17-3)15(2)10-6-4-5-9(13)11(10)12(14)16/h4-6,8H,7H2,1-3H3,(H2,14,16). The van der Waals surface area contributed by atoms with Gasteiger partial charge in [0, 0.05) is 34.6 Å². The Morgan fingerprint density at radius 1 is 1.59 bits per heavy atom. The van der Waals surface area contributed by atoms with E-state index in [-0.39, 0.29) is 0 Å². The lowest BCUT2D eigenvalue weighted by atomic mass is 10.1. The van der Waals surface area contributed by atoms with Crippen LogP contribution in [0, 0.1) is 0 Å². The van der Waals surface area contributed by atoms with Crippen LogP contribution in [0.25, 0.3) is 0 Å². The zero-order valence-electron chi connectivity index (χ0n) is 10.2. The number of nitrogens with two attached hydrogens (primary N) is 1. The highest BCUT2D eigenvalue weighted by molar-refractivity contribution is 9.10. The number of nitrogens with zero attached hydrogens (tertiary/aromatic N) is 1. The minimum Gasteiger partial charge on any atom is -0.389 e. The maximum atomic E-state index is 5.80. The molecule has 0 fully saturated rings. The molecule has 5 heteroatoms. The lowest BCUT2D eigenvalue weighted by molar-refractivity contribution is 0.765. The monoisotopic (exact) mass is 332 g/mol. The van der Waals surface area contributed by atoms with Gasteiger partial charge in [0.25, 0.3) is 0 Å². The summed E-state index contributed by atoms with van der Waals surface area (Å²) in [6.45, 7) is 2.20. The lowest BCUT2D eigenvalue weighted by Gasteiger charge is -2.28. The molecule has 0 spiro atoms. The highest BCUT2D eigenvalue weighted by Crippen LogP contribution is 2.28. The molecular formula is C12H17BrN2S2. The van der Waals surface area contributed by atoms with E-state index in [2.05, 4.69) is 47.1 Å². The van der Waals surface area contributed by atoms with E-state index in [4.69, 9.17) is 18.0 Å². The SMILES string of the molecule is CSCC(C)N(C)c1cccc(Br)c1C(N)=S. The van der Waals surface area contributed by atoms with Crippen molar-refractivity contribution < 1.29 is 0 Å². The highest BCUT2D eigenvalue weighted by atomic mass is 79.9. The van der Waals surface area contributed by atoms with Crippen molar-refractivity contribution in [1.29, 1.82) is 0 Å². The summed E-state index contributed by atoms with van der Waals surface area (Å²) in [4.78, 5) is 2.64. The van der Waals surface area contributed by atoms with Crippen LogP contribution in [0.5, 0.6) is 0 Å². The van der Waals surface area contributed by atoms with Gasteiger partial charge in [-0.15, -0.1) is 0 Å². The number of halogens is 1. The third kappa shape index (κ3) is 3.60. The van der Waals surface area contributed by atoms with E-state index in [0.29, 0.717) is 11.0 Å². The summed E-state index contributed by atoms with van der Waals surface area (Å²) in [6.07, 6.45) is 2.11. The molecule has 0 bridgehead atoms. The van der Waals surface area contributed by atoms with Crippen LogP contribution in [0.2, 0.25) is 0 Å². The number of thioether (sulfide) groups is 1. The Morgan fingerprint density at radius 2 is 2.24 bits per heavy atom. The van der Waals surface area contributed by atoms with Crippen molar-refractivity contribution in [1.82, 2.24) is 0 Å². The maximum Gasteiger partial charge on any atom is 0.107 e. The third-order valence-corrected chi connectivity index (χ3v) is 4.37. The van der Waals surface area contributed by atoms with Gasteiger partial charge in [0.2, 0.25) is 0 Å². The Morgan fingerprint density at radius 3 is 2.76 bits per heavy atom. The molecule has 2 N–H and O–H groups in total. The molecule has 2 nitrogen and oxygen atoms in total. The van der Waals surface area contributed by atoms with E-state index >= 15 is 0 Å². The van der Waals surface area contributed by atoms with Gasteiger partial charge in [0.1, 0.15) is 4.99 Å². The Bertz CT molecular complexity index is 409. The van der Waals surface area contributed by atoms with E-state index in [1.54, 1.807) is 0 Å². The fourth-order valence-electron chi connectivity index (χ4n) is 1.64. The molecule has 0 heterocycles. The third-order valence-electron chi connectivity index (χ3n) is 2.69. The van der Waals surface area contributed by atoms with Crippen molar-refractivity contribution in [3.63, 3.8) is 0 Å². The minimum absolute atomic E-state index is 0.427. The van der Waals surface area contributed by atoms with Gasteiger partial charge in [0.05, 0.1) is 0 Å².